The predicted molar refractivity (Wildman–Crippen MR) is 148 cm³/mol. The van der Waals surface area contributed by atoms with E-state index in [4.69, 9.17) is 19.4 Å². The normalized spacial score (nSPS) is 10.7. The smallest absolute Gasteiger partial charge is 0.250 e. The summed E-state index contributed by atoms with van der Waals surface area (Å²) in [5.74, 6) is 7.41. The minimum atomic E-state index is 0.278. The van der Waals surface area contributed by atoms with E-state index in [2.05, 4.69) is 46.1 Å². The SMILES string of the molecule is COc1ccc(C#Cc2nc3ncccc3nc2OCc2cc(-c3ccccc3)nc3ccccc23)cc1. The number of benzene rings is 3. The molecule has 3 heterocycles. The van der Waals surface area contributed by atoms with E-state index in [1.807, 2.05) is 72.8 Å². The van der Waals surface area contributed by atoms with Crippen LogP contribution < -0.4 is 9.47 Å². The van der Waals surface area contributed by atoms with Crippen LogP contribution in [0.5, 0.6) is 11.6 Å². The van der Waals surface area contributed by atoms with Crippen LogP contribution in [0, 0.1) is 11.8 Å². The van der Waals surface area contributed by atoms with Gasteiger partial charge in [-0.05, 0) is 54.5 Å². The van der Waals surface area contributed by atoms with Crippen molar-refractivity contribution in [1.29, 1.82) is 0 Å². The number of methoxy groups -OCH3 is 1. The maximum Gasteiger partial charge on any atom is 0.250 e. The van der Waals surface area contributed by atoms with Crippen molar-refractivity contribution >= 4 is 22.1 Å². The number of para-hydroxylation sites is 1. The highest BCUT2D eigenvalue weighted by atomic mass is 16.5. The molecule has 3 aromatic heterocycles. The zero-order valence-corrected chi connectivity index (χ0v) is 20.6. The molecule has 0 saturated carbocycles. The summed E-state index contributed by atoms with van der Waals surface area (Å²) in [4.78, 5) is 18.6. The summed E-state index contributed by atoms with van der Waals surface area (Å²) in [6.07, 6.45) is 1.69. The van der Waals surface area contributed by atoms with Crippen molar-refractivity contribution in [3.63, 3.8) is 0 Å². The van der Waals surface area contributed by atoms with Crippen molar-refractivity contribution in [2.24, 2.45) is 0 Å². The van der Waals surface area contributed by atoms with E-state index in [0.29, 0.717) is 22.7 Å². The van der Waals surface area contributed by atoms with Gasteiger partial charge in [0.25, 0.3) is 0 Å². The molecule has 6 rings (SSSR count). The van der Waals surface area contributed by atoms with Crippen LogP contribution in [0.15, 0.2) is 103 Å². The first-order valence-electron chi connectivity index (χ1n) is 12.1. The van der Waals surface area contributed by atoms with Gasteiger partial charge < -0.3 is 9.47 Å². The van der Waals surface area contributed by atoms with Gasteiger partial charge in [0.05, 0.1) is 18.3 Å². The summed E-state index contributed by atoms with van der Waals surface area (Å²) in [5, 5.41) is 1.02. The van der Waals surface area contributed by atoms with Crippen molar-refractivity contribution in [2.45, 2.75) is 6.61 Å². The van der Waals surface area contributed by atoms with E-state index in [1.165, 1.54) is 0 Å². The summed E-state index contributed by atoms with van der Waals surface area (Å²) in [5.41, 5.74) is 6.23. The van der Waals surface area contributed by atoms with E-state index in [-0.39, 0.29) is 6.61 Å². The van der Waals surface area contributed by atoms with Gasteiger partial charge in [0.15, 0.2) is 11.3 Å². The number of rotatable bonds is 5. The van der Waals surface area contributed by atoms with Gasteiger partial charge in [-0.1, -0.05) is 54.5 Å². The topological polar surface area (TPSA) is 70.0 Å². The maximum atomic E-state index is 6.30. The van der Waals surface area contributed by atoms with E-state index in [1.54, 1.807) is 13.3 Å². The highest BCUT2D eigenvalue weighted by Crippen LogP contribution is 2.26. The van der Waals surface area contributed by atoms with E-state index >= 15 is 0 Å². The van der Waals surface area contributed by atoms with Crippen LogP contribution in [0.3, 0.4) is 0 Å². The summed E-state index contributed by atoms with van der Waals surface area (Å²) >= 11 is 0. The summed E-state index contributed by atoms with van der Waals surface area (Å²) < 4.78 is 11.5. The molecule has 0 atom stereocenters. The zero-order valence-electron chi connectivity index (χ0n) is 20.6. The molecule has 0 N–H and O–H groups in total. The molecule has 182 valence electrons. The van der Waals surface area contributed by atoms with Crippen LogP contribution in [-0.2, 0) is 6.61 Å². The Balaban J connectivity index is 1.38. The lowest BCUT2D eigenvalue weighted by Crippen LogP contribution is -2.04. The third-order valence-corrected chi connectivity index (χ3v) is 6.06. The zero-order chi connectivity index (χ0) is 25.7. The number of nitrogens with zero attached hydrogens (tertiary/aromatic N) is 4. The van der Waals surface area contributed by atoms with Crippen molar-refractivity contribution in [1.82, 2.24) is 19.9 Å². The molecule has 0 fully saturated rings. The Morgan fingerprint density at radius 2 is 1.53 bits per heavy atom. The first kappa shape index (κ1) is 23.1. The second-order valence-corrected chi connectivity index (χ2v) is 8.54. The Kier molecular flexibility index (Phi) is 6.32. The van der Waals surface area contributed by atoms with Crippen LogP contribution in [0.4, 0.5) is 0 Å². The molecule has 3 aromatic carbocycles. The highest BCUT2D eigenvalue weighted by Gasteiger charge is 2.13. The van der Waals surface area contributed by atoms with E-state index in [0.717, 1.165) is 39.0 Å². The summed E-state index contributed by atoms with van der Waals surface area (Å²) in [7, 11) is 1.64. The molecule has 0 aliphatic carbocycles. The molecule has 0 unspecified atom stereocenters. The number of hydrogen-bond donors (Lipinski definition) is 0. The lowest BCUT2D eigenvalue weighted by Gasteiger charge is -2.12. The monoisotopic (exact) mass is 494 g/mol. The summed E-state index contributed by atoms with van der Waals surface area (Å²) in [6, 6.07) is 31.5. The highest BCUT2D eigenvalue weighted by molar-refractivity contribution is 5.85. The number of aromatic nitrogens is 4. The van der Waals surface area contributed by atoms with Gasteiger partial charge in [0, 0.05) is 28.3 Å². The van der Waals surface area contributed by atoms with Crippen LogP contribution >= 0.6 is 0 Å². The molecule has 0 bridgehead atoms. The Labute approximate surface area is 220 Å². The van der Waals surface area contributed by atoms with Crippen LogP contribution in [0.2, 0.25) is 0 Å². The maximum absolute atomic E-state index is 6.30. The predicted octanol–water partition coefficient (Wildman–Crippen LogP) is 6.23. The molecule has 38 heavy (non-hydrogen) atoms. The van der Waals surface area contributed by atoms with Crippen LogP contribution in [0.25, 0.3) is 33.3 Å². The largest absolute Gasteiger partial charge is 0.497 e. The van der Waals surface area contributed by atoms with Crippen molar-refractivity contribution in [3.05, 3.63) is 120 Å². The lowest BCUT2D eigenvalue weighted by atomic mass is 10.0. The van der Waals surface area contributed by atoms with Crippen molar-refractivity contribution < 1.29 is 9.47 Å². The molecule has 0 radical (unpaired) electrons. The number of ether oxygens (including phenoxy) is 2. The molecular formula is C32H22N4O2. The van der Waals surface area contributed by atoms with Gasteiger partial charge in [0.2, 0.25) is 5.88 Å². The Hall–Kier alpha value is -5.28. The first-order chi connectivity index (χ1) is 18.8. The van der Waals surface area contributed by atoms with Crippen LogP contribution in [-0.4, -0.2) is 27.0 Å². The Morgan fingerprint density at radius 1 is 0.737 bits per heavy atom. The van der Waals surface area contributed by atoms with Gasteiger partial charge >= 0.3 is 0 Å². The number of hydrogen-bond acceptors (Lipinski definition) is 6. The van der Waals surface area contributed by atoms with Gasteiger partial charge in [0.1, 0.15) is 17.9 Å². The molecule has 0 spiro atoms. The fourth-order valence-electron chi connectivity index (χ4n) is 4.14. The van der Waals surface area contributed by atoms with E-state index in [9.17, 15) is 0 Å². The van der Waals surface area contributed by atoms with Gasteiger partial charge in [-0.2, -0.15) is 0 Å². The fraction of sp³-hybridized carbons (Fsp3) is 0.0625. The molecule has 6 aromatic rings. The van der Waals surface area contributed by atoms with Crippen molar-refractivity contribution in [3.8, 4) is 34.7 Å². The standard InChI is InChI=1S/C32H22N4O2/c1-37-25-16-13-22(14-17-25)15-18-29-32(36-28-12-7-19-33-31(28)35-29)38-21-24-20-30(23-8-3-2-4-9-23)34-27-11-6-5-10-26(24)27/h2-14,16-17,19-20H,21H2,1H3. The fourth-order valence-corrected chi connectivity index (χ4v) is 4.14. The van der Waals surface area contributed by atoms with Gasteiger partial charge in [-0.15, -0.1) is 0 Å². The second-order valence-electron chi connectivity index (χ2n) is 8.54. The van der Waals surface area contributed by atoms with Crippen LogP contribution in [0.1, 0.15) is 16.8 Å². The molecule has 6 nitrogen and oxygen atoms in total. The second kappa shape index (κ2) is 10.4. The average molecular weight is 495 g/mol. The summed E-state index contributed by atoms with van der Waals surface area (Å²) in [6.45, 7) is 0.278. The third kappa shape index (κ3) is 4.86. The molecule has 0 saturated heterocycles. The Bertz CT molecular complexity index is 1810. The average Bonchev–Trinajstić information content (AvgIpc) is 2.99. The van der Waals surface area contributed by atoms with E-state index < -0.39 is 0 Å². The molecular weight excluding hydrogens is 472 g/mol. The minimum absolute atomic E-state index is 0.278. The first-order valence-corrected chi connectivity index (χ1v) is 12.1. The third-order valence-electron chi connectivity index (χ3n) is 6.06. The Morgan fingerprint density at radius 3 is 2.37 bits per heavy atom. The number of fused-ring (bicyclic) bond motifs is 2. The quantitative estimate of drug-likeness (QED) is 0.265. The van der Waals surface area contributed by atoms with Gasteiger partial charge in [-0.25, -0.2) is 19.9 Å². The molecule has 0 amide bonds. The molecule has 0 aliphatic heterocycles. The van der Waals surface area contributed by atoms with Crippen molar-refractivity contribution in [2.75, 3.05) is 7.11 Å². The molecule has 6 heteroatoms. The number of pyridine rings is 2. The molecule has 0 aliphatic rings. The minimum Gasteiger partial charge on any atom is -0.497 e. The lowest BCUT2D eigenvalue weighted by molar-refractivity contribution is 0.294. The van der Waals surface area contributed by atoms with Gasteiger partial charge in [-0.3, -0.25) is 0 Å².